The van der Waals surface area contributed by atoms with Crippen LogP contribution in [-0.2, 0) is 18.7 Å². The molecular formula is C26H43N3O6Si. The van der Waals surface area contributed by atoms with Crippen molar-refractivity contribution >= 4 is 14.5 Å². The molecular weight excluding hydrogens is 478 g/mol. The maximum absolute atomic E-state index is 12.5. The van der Waals surface area contributed by atoms with Crippen LogP contribution in [0.15, 0.2) is 50.3 Å². The molecule has 9 nitrogen and oxygen atoms in total. The van der Waals surface area contributed by atoms with Crippen LogP contribution >= 0.6 is 0 Å². The van der Waals surface area contributed by atoms with E-state index in [1.54, 1.807) is 13.3 Å². The fraction of sp³-hybridized carbons (Fsp3) is 0.654. The zero-order valence-corrected chi connectivity index (χ0v) is 24.2. The first-order valence-electron chi connectivity index (χ1n) is 12.4. The lowest BCUT2D eigenvalue weighted by atomic mass is 10.1. The lowest BCUT2D eigenvalue weighted by Crippen LogP contribution is -2.50. The molecule has 0 bridgehead atoms. The Labute approximate surface area is 215 Å². The summed E-state index contributed by atoms with van der Waals surface area (Å²) in [6.45, 7) is 17.1. The van der Waals surface area contributed by atoms with Gasteiger partial charge < -0.3 is 18.7 Å². The largest absolute Gasteiger partial charge is 0.408 e. The topological polar surface area (TPSA) is 104 Å². The molecule has 1 aromatic rings. The molecule has 2 rings (SSSR count). The predicted molar refractivity (Wildman–Crippen MR) is 145 cm³/mol. The quantitative estimate of drug-likeness (QED) is 0.199. The summed E-state index contributed by atoms with van der Waals surface area (Å²) in [6.07, 6.45) is 6.73. The number of hydrogen-bond donors (Lipinski definition) is 1. The third-order valence-electron chi connectivity index (χ3n) is 6.74. The first-order chi connectivity index (χ1) is 16.8. The van der Waals surface area contributed by atoms with Gasteiger partial charge >= 0.3 is 5.69 Å². The molecule has 0 aliphatic carbocycles. The second-order valence-corrected chi connectivity index (χ2v) is 15.8. The van der Waals surface area contributed by atoms with Gasteiger partial charge in [0.15, 0.2) is 14.5 Å². The van der Waals surface area contributed by atoms with Gasteiger partial charge in [-0.25, -0.2) is 4.79 Å². The number of nitrogens with one attached hydrogen (secondary N) is 1. The molecule has 1 aliphatic rings. The molecule has 202 valence electrons. The second kappa shape index (κ2) is 12.8. The molecule has 0 radical (unpaired) electrons. The van der Waals surface area contributed by atoms with Gasteiger partial charge in [0, 0.05) is 19.4 Å². The van der Waals surface area contributed by atoms with Crippen molar-refractivity contribution in [1.82, 2.24) is 9.55 Å². The van der Waals surface area contributed by atoms with Crippen molar-refractivity contribution < 1.29 is 18.7 Å². The van der Waals surface area contributed by atoms with Gasteiger partial charge in [0.05, 0.1) is 6.21 Å². The molecule has 1 N–H and O–H groups in total. The first-order valence-corrected chi connectivity index (χ1v) is 15.3. The Hall–Kier alpha value is -2.27. The van der Waals surface area contributed by atoms with Crippen molar-refractivity contribution in [3.8, 4) is 0 Å². The van der Waals surface area contributed by atoms with E-state index in [4.69, 9.17) is 18.7 Å². The standard InChI is InChI=1S/C26H43N3O6Si/c1-18(2)11-10-12-19(3)13-15-27-33-17-20-22(35-36(8,9)26(4,5)6)23(32-7)24(34-20)29-16-14-21(30)28-25(29)31/h11,13-16,20,22-24H,10,12,17H2,1-9H3,(H,28,30,31)/b19-13+,27-15+/t20-,22?,23?,24-/m1/s1. The highest BCUT2D eigenvalue weighted by Gasteiger charge is 2.51. The van der Waals surface area contributed by atoms with Gasteiger partial charge in [-0.2, -0.15) is 0 Å². The Morgan fingerprint density at radius 2 is 1.92 bits per heavy atom. The average Bonchev–Trinajstić information content (AvgIpc) is 3.08. The summed E-state index contributed by atoms with van der Waals surface area (Å²) in [4.78, 5) is 31.9. The fourth-order valence-corrected chi connectivity index (χ4v) is 4.91. The Balaban J connectivity index is 2.21. The van der Waals surface area contributed by atoms with Crippen molar-refractivity contribution in [3.63, 3.8) is 0 Å². The van der Waals surface area contributed by atoms with Crippen LogP contribution in [0.2, 0.25) is 18.1 Å². The highest BCUT2D eigenvalue weighted by atomic mass is 28.4. The average molecular weight is 522 g/mol. The third kappa shape index (κ3) is 8.12. The van der Waals surface area contributed by atoms with E-state index >= 15 is 0 Å². The number of H-pyrrole nitrogens is 1. The minimum Gasteiger partial charge on any atom is -0.408 e. The van der Waals surface area contributed by atoms with Gasteiger partial charge in [0.1, 0.15) is 24.9 Å². The monoisotopic (exact) mass is 521 g/mol. The summed E-state index contributed by atoms with van der Waals surface area (Å²) in [5, 5.41) is 4.03. The van der Waals surface area contributed by atoms with Crippen molar-refractivity contribution in [2.24, 2.45) is 5.16 Å². The Morgan fingerprint density at radius 3 is 2.50 bits per heavy atom. The van der Waals surface area contributed by atoms with E-state index in [-0.39, 0.29) is 11.6 Å². The van der Waals surface area contributed by atoms with Crippen LogP contribution in [0.3, 0.4) is 0 Å². The van der Waals surface area contributed by atoms with Gasteiger partial charge in [-0.05, 0) is 57.8 Å². The summed E-state index contributed by atoms with van der Waals surface area (Å²) in [5.41, 5.74) is 1.46. The number of methoxy groups -OCH3 is 1. The van der Waals surface area contributed by atoms with Crippen LogP contribution in [0.4, 0.5) is 0 Å². The van der Waals surface area contributed by atoms with E-state index in [1.807, 2.05) is 6.08 Å². The molecule has 1 aromatic heterocycles. The fourth-order valence-electron chi connectivity index (χ4n) is 3.59. The van der Waals surface area contributed by atoms with Gasteiger partial charge in [-0.15, -0.1) is 0 Å². The van der Waals surface area contributed by atoms with Crippen molar-refractivity contribution in [1.29, 1.82) is 0 Å². The lowest BCUT2D eigenvalue weighted by Gasteiger charge is -2.40. The Kier molecular flexibility index (Phi) is 10.7. The third-order valence-corrected chi connectivity index (χ3v) is 11.2. The maximum atomic E-state index is 12.5. The van der Waals surface area contributed by atoms with E-state index in [1.165, 1.54) is 28.0 Å². The van der Waals surface area contributed by atoms with E-state index in [9.17, 15) is 9.59 Å². The highest BCUT2D eigenvalue weighted by molar-refractivity contribution is 6.74. The van der Waals surface area contributed by atoms with E-state index in [0.29, 0.717) is 0 Å². The SMILES string of the molecule is COC1C(O[Si](C)(C)C(C)(C)C)[C@@H](CO/N=C/C=C(\C)CCC=C(C)C)O[C@H]1n1ccc(=O)[nH]c1=O. The van der Waals surface area contributed by atoms with E-state index in [0.717, 1.165) is 12.8 Å². The number of allylic oxidation sites excluding steroid dienone is 4. The number of aromatic nitrogens is 2. The lowest BCUT2D eigenvalue weighted by molar-refractivity contribution is -0.0714. The summed E-state index contributed by atoms with van der Waals surface area (Å²) >= 11 is 0. The minimum absolute atomic E-state index is 0.0460. The summed E-state index contributed by atoms with van der Waals surface area (Å²) in [5.74, 6) is 0. The predicted octanol–water partition coefficient (Wildman–Crippen LogP) is 4.53. The first kappa shape index (κ1) is 30.0. The number of ether oxygens (including phenoxy) is 2. The zero-order chi connectivity index (χ0) is 27.1. The molecule has 36 heavy (non-hydrogen) atoms. The number of oxime groups is 1. The molecule has 2 heterocycles. The van der Waals surface area contributed by atoms with Crippen molar-refractivity contribution in [2.45, 2.75) is 97.1 Å². The summed E-state index contributed by atoms with van der Waals surface area (Å²) < 4.78 is 20.1. The Bertz CT molecular complexity index is 1060. The second-order valence-electron chi connectivity index (χ2n) is 11.0. The molecule has 2 unspecified atom stereocenters. The molecule has 0 aromatic carbocycles. The van der Waals surface area contributed by atoms with Gasteiger partial charge in [0.2, 0.25) is 0 Å². The van der Waals surface area contributed by atoms with Crippen LogP contribution in [-0.4, -0.2) is 56.1 Å². The molecule has 0 spiro atoms. The minimum atomic E-state index is -2.23. The van der Waals surface area contributed by atoms with Crippen LogP contribution in [0.5, 0.6) is 0 Å². The molecule has 1 saturated heterocycles. The van der Waals surface area contributed by atoms with Crippen LogP contribution in [0.25, 0.3) is 0 Å². The zero-order valence-electron chi connectivity index (χ0n) is 23.2. The Morgan fingerprint density at radius 1 is 1.22 bits per heavy atom. The normalized spacial score (nSPS) is 23.3. The van der Waals surface area contributed by atoms with Gasteiger partial charge in [0.25, 0.3) is 5.56 Å². The molecule has 1 aliphatic heterocycles. The number of nitrogens with zero attached hydrogens (tertiary/aromatic N) is 2. The van der Waals surface area contributed by atoms with Crippen LogP contribution in [0.1, 0.15) is 60.6 Å². The van der Waals surface area contributed by atoms with E-state index in [2.05, 4.69) is 70.9 Å². The molecule has 0 amide bonds. The maximum Gasteiger partial charge on any atom is 0.330 e. The van der Waals surface area contributed by atoms with Gasteiger partial charge in [-0.3, -0.25) is 14.3 Å². The van der Waals surface area contributed by atoms with E-state index < -0.39 is 44.1 Å². The van der Waals surface area contributed by atoms with Crippen molar-refractivity contribution in [3.05, 3.63) is 56.4 Å². The molecule has 4 atom stereocenters. The molecule has 10 heteroatoms. The summed E-state index contributed by atoms with van der Waals surface area (Å²) in [6, 6.07) is 1.28. The molecule has 0 saturated carbocycles. The smallest absolute Gasteiger partial charge is 0.330 e. The van der Waals surface area contributed by atoms with Crippen LogP contribution in [0, 0.1) is 0 Å². The highest BCUT2D eigenvalue weighted by Crippen LogP contribution is 2.41. The number of hydrogen-bond acceptors (Lipinski definition) is 7. The number of rotatable bonds is 11. The van der Waals surface area contributed by atoms with Gasteiger partial charge in [-0.1, -0.05) is 43.1 Å². The molecule has 1 fully saturated rings. The van der Waals surface area contributed by atoms with Crippen molar-refractivity contribution in [2.75, 3.05) is 13.7 Å². The van der Waals surface area contributed by atoms with Crippen LogP contribution < -0.4 is 11.2 Å². The summed E-state index contributed by atoms with van der Waals surface area (Å²) in [7, 11) is -0.667. The number of aromatic amines is 1.